The first-order valence-corrected chi connectivity index (χ1v) is 8.11. The quantitative estimate of drug-likeness (QED) is 0.838. The number of guanidine groups is 1. The first-order valence-electron chi connectivity index (χ1n) is 8.11. The molecule has 24 heavy (non-hydrogen) atoms. The van der Waals surface area contributed by atoms with Crippen LogP contribution in [0.4, 0.5) is 0 Å². The van der Waals surface area contributed by atoms with Crippen molar-refractivity contribution in [3.63, 3.8) is 0 Å². The Balaban J connectivity index is 1.90. The third-order valence-corrected chi connectivity index (χ3v) is 4.36. The molecule has 0 aliphatic carbocycles. The van der Waals surface area contributed by atoms with Crippen LogP contribution in [-0.2, 0) is 0 Å². The van der Waals surface area contributed by atoms with Crippen molar-refractivity contribution in [1.82, 2.24) is 9.80 Å². The van der Waals surface area contributed by atoms with Crippen molar-refractivity contribution in [3.05, 3.63) is 17.7 Å². The third-order valence-electron chi connectivity index (χ3n) is 4.36. The highest BCUT2D eigenvalue weighted by molar-refractivity contribution is 6.07. The summed E-state index contributed by atoms with van der Waals surface area (Å²) >= 11 is 0. The Kier molecular flexibility index (Phi) is 4.78. The Morgan fingerprint density at radius 1 is 1.00 bits per heavy atom. The largest absolute Gasteiger partial charge is 0.493 e. The molecule has 1 fully saturated rings. The van der Waals surface area contributed by atoms with Gasteiger partial charge in [0.25, 0.3) is 5.91 Å². The van der Waals surface area contributed by atoms with E-state index < -0.39 is 0 Å². The van der Waals surface area contributed by atoms with Crippen molar-refractivity contribution >= 4 is 11.9 Å². The molecule has 0 unspecified atom stereocenters. The predicted molar refractivity (Wildman–Crippen MR) is 90.2 cm³/mol. The molecular formula is C17H23N3O4. The lowest BCUT2D eigenvalue weighted by atomic mass is 10.1. The molecule has 1 aromatic rings. The molecule has 0 aromatic heterocycles. The summed E-state index contributed by atoms with van der Waals surface area (Å²) in [5.41, 5.74) is 0.498. The number of methoxy groups -OCH3 is 3. The first-order chi connectivity index (χ1) is 11.7. The second-order valence-corrected chi connectivity index (χ2v) is 5.75. The zero-order valence-electron chi connectivity index (χ0n) is 14.4. The summed E-state index contributed by atoms with van der Waals surface area (Å²) in [6.45, 7) is 3.15. The monoisotopic (exact) mass is 333 g/mol. The number of aliphatic imine (C=N–C) groups is 1. The summed E-state index contributed by atoms with van der Waals surface area (Å²) in [5.74, 6) is 2.10. The van der Waals surface area contributed by atoms with Gasteiger partial charge >= 0.3 is 0 Å². The summed E-state index contributed by atoms with van der Waals surface area (Å²) in [6.07, 6.45) is 2.29. The second-order valence-electron chi connectivity index (χ2n) is 5.75. The van der Waals surface area contributed by atoms with Crippen molar-refractivity contribution in [2.75, 3.05) is 47.5 Å². The molecule has 1 saturated heterocycles. The number of benzene rings is 1. The number of rotatable bonds is 4. The highest BCUT2D eigenvalue weighted by Crippen LogP contribution is 2.38. The van der Waals surface area contributed by atoms with Crippen LogP contribution in [0.5, 0.6) is 17.2 Å². The summed E-state index contributed by atoms with van der Waals surface area (Å²) in [7, 11) is 4.62. The minimum Gasteiger partial charge on any atom is -0.493 e. The van der Waals surface area contributed by atoms with Crippen LogP contribution in [0.1, 0.15) is 23.2 Å². The molecule has 0 radical (unpaired) electrons. The van der Waals surface area contributed by atoms with Crippen molar-refractivity contribution in [3.8, 4) is 17.2 Å². The van der Waals surface area contributed by atoms with Gasteiger partial charge in [-0.05, 0) is 25.0 Å². The van der Waals surface area contributed by atoms with Crippen molar-refractivity contribution < 1.29 is 19.0 Å². The molecule has 0 spiro atoms. The molecule has 1 amide bonds. The Morgan fingerprint density at radius 3 is 2.17 bits per heavy atom. The maximum atomic E-state index is 13.0. The summed E-state index contributed by atoms with van der Waals surface area (Å²) < 4.78 is 16.0. The van der Waals surface area contributed by atoms with Gasteiger partial charge in [0.1, 0.15) is 0 Å². The Bertz CT molecular complexity index is 628. The molecule has 0 atom stereocenters. The van der Waals surface area contributed by atoms with E-state index >= 15 is 0 Å². The van der Waals surface area contributed by atoms with Gasteiger partial charge in [-0.1, -0.05) is 0 Å². The number of hydrogen-bond acceptors (Lipinski definition) is 6. The van der Waals surface area contributed by atoms with Crippen LogP contribution in [0.15, 0.2) is 17.1 Å². The van der Waals surface area contributed by atoms with Crippen LogP contribution in [0.3, 0.4) is 0 Å². The molecule has 1 aromatic carbocycles. The van der Waals surface area contributed by atoms with Crippen LogP contribution in [-0.4, -0.2) is 69.2 Å². The molecule has 0 N–H and O–H groups in total. The summed E-state index contributed by atoms with van der Waals surface area (Å²) in [6, 6.07) is 3.37. The summed E-state index contributed by atoms with van der Waals surface area (Å²) in [4.78, 5) is 21.5. The van der Waals surface area contributed by atoms with Crippen LogP contribution >= 0.6 is 0 Å². The molecule has 0 saturated carbocycles. The maximum absolute atomic E-state index is 13.0. The Labute approximate surface area is 141 Å². The normalized spacial score (nSPS) is 17.0. The van der Waals surface area contributed by atoms with Crippen molar-refractivity contribution in [1.29, 1.82) is 0 Å². The predicted octanol–water partition coefficient (Wildman–Crippen LogP) is 1.62. The highest BCUT2D eigenvalue weighted by Gasteiger charge is 2.31. The average molecular weight is 333 g/mol. The van der Waals surface area contributed by atoms with E-state index in [1.807, 2.05) is 0 Å². The lowest BCUT2D eigenvalue weighted by Gasteiger charge is -2.26. The molecule has 130 valence electrons. The van der Waals surface area contributed by atoms with E-state index in [4.69, 9.17) is 14.2 Å². The SMILES string of the molecule is COc1cc(C(=O)N2CCN=C2N2CCCC2)cc(OC)c1OC. The van der Waals surface area contributed by atoms with E-state index in [-0.39, 0.29) is 5.91 Å². The standard InChI is InChI=1S/C17H23N3O4/c1-22-13-10-12(11-14(23-2)15(13)24-3)16(21)20-9-6-18-17(20)19-7-4-5-8-19/h10-11H,4-9H2,1-3H3. The molecule has 2 aliphatic heterocycles. The number of hydrogen-bond donors (Lipinski definition) is 0. The highest BCUT2D eigenvalue weighted by atomic mass is 16.5. The molecule has 7 nitrogen and oxygen atoms in total. The topological polar surface area (TPSA) is 63.6 Å². The van der Waals surface area contributed by atoms with Gasteiger partial charge in [0.05, 0.1) is 27.9 Å². The van der Waals surface area contributed by atoms with Crippen LogP contribution in [0.25, 0.3) is 0 Å². The van der Waals surface area contributed by atoms with Gasteiger partial charge in [-0.15, -0.1) is 0 Å². The maximum Gasteiger partial charge on any atom is 0.260 e. The number of carbonyl (C=O) groups excluding carboxylic acids is 1. The molecule has 7 heteroatoms. The van der Waals surface area contributed by atoms with Crippen molar-refractivity contribution in [2.24, 2.45) is 4.99 Å². The van der Waals surface area contributed by atoms with E-state index in [9.17, 15) is 4.79 Å². The molecular weight excluding hydrogens is 310 g/mol. The van der Waals surface area contributed by atoms with Gasteiger partial charge < -0.3 is 19.1 Å². The lowest BCUT2D eigenvalue weighted by Crippen LogP contribution is -2.43. The fraction of sp³-hybridized carbons (Fsp3) is 0.529. The summed E-state index contributed by atoms with van der Waals surface area (Å²) in [5, 5.41) is 0. The van der Waals surface area contributed by atoms with E-state index in [2.05, 4.69) is 9.89 Å². The molecule has 0 bridgehead atoms. The van der Waals surface area contributed by atoms with Gasteiger partial charge in [0.2, 0.25) is 11.7 Å². The van der Waals surface area contributed by atoms with Gasteiger partial charge in [0, 0.05) is 25.2 Å². The van der Waals surface area contributed by atoms with E-state index in [0.29, 0.717) is 35.9 Å². The fourth-order valence-corrected chi connectivity index (χ4v) is 3.18. The van der Waals surface area contributed by atoms with Crippen LogP contribution in [0, 0.1) is 0 Å². The third kappa shape index (κ3) is 2.86. The zero-order chi connectivity index (χ0) is 17.1. The molecule has 2 heterocycles. The minimum atomic E-state index is -0.0996. The number of likely N-dealkylation sites (tertiary alicyclic amines) is 1. The van der Waals surface area contributed by atoms with Gasteiger partial charge in [-0.3, -0.25) is 14.7 Å². The molecule has 2 aliphatic rings. The van der Waals surface area contributed by atoms with Gasteiger partial charge in [-0.2, -0.15) is 0 Å². The molecule has 3 rings (SSSR count). The first kappa shape index (κ1) is 16.4. The Hall–Kier alpha value is -2.44. The Morgan fingerprint density at radius 2 is 1.62 bits per heavy atom. The van der Waals surface area contributed by atoms with Crippen LogP contribution < -0.4 is 14.2 Å². The van der Waals surface area contributed by atoms with Gasteiger partial charge in [0.15, 0.2) is 11.5 Å². The lowest BCUT2D eigenvalue weighted by molar-refractivity contribution is 0.0845. The van der Waals surface area contributed by atoms with E-state index in [1.165, 1.54) is 0 Å². The number of carbonyl (C=O) groups is 1. The van der Waals surface area contributed by atoms with Crippen molar-refractivity contribution in [2.45, 2.75) is 12.8 Å². The smallest absolute Gasteiger partial charge is 0.260 e. The van der Waals surface area contributed by atoms with Crippen LogP contribution in [0.2, 0.25) is 0 Å². The van der Waals surface area contributed by atoms with E-state index in [0.717, 1.165) is 31.9 Å². The number of nitrogens with zero attached hydrogens (tertiary/aromatic N) is 3. The number of amides is 1. The van der Waals surface area contributed by atoms with Gasteiger partial charge in [-0.25, -0.2) is 0 Å². The average Bonchev–Trinajstić information content (AvgIpc) is 3.30. The minimum absolute atomic E-state index is 0.0996. The van der Waals surface area contributed by atoms with E-state index in [1.54, 1.807) is 38.4 Å². The zero-order valence-corrected chi connectivity index (χ0v) is 14.4. The number of ether oxygens (including phenoxy) is 3. The fourth-order valence-electron chi connectivity index (χ4n) is 3.18. The second kappa shape index (κ2) is 6.98.